The molecular formula is C22H34O2Si2. The van der Waals surface area contributed by atoms with Crippen LogP contribution >= 0.6 is 0 Å². The molecule has 1 aromatic rings. The van der Waals surface area contributed by atoms with Gasteiger partial charge in [-0.2, -0.15) is 0 Å². The van der Waals surface area contributed by atoms with Gasteiger partial charge in [-0.15, -0.1) is 26.3 Å². The third kappa shape index (κ3) is 9.87. The maximum Gasteiger partial charge on any atom is 0.192 e. The monoisotopic (exact) mass is 386 g/mol. The Balaban J connectivity index is 2.45. The van der Waals surface area contributed by atoms with Gasteiger partial charge in [-0.3, -0.25) is 0 Å². The molecule has 0 bridgehead atoms. The quantitative estimate of drug-likeness (QED) is 0.321. The number of hydrogen-bond acceptors (Lipinski definition) is 2. The minimum Gasteiger partial charge on any atom is -0.415 e. The van der Waals surface area contributed by atoms with Crippen molar-refractivity contribution >= 4 is 29.9 Å². The van der Waals surface area contributed by atoms with Crippen molar-refractivity contribution in [1.29, 1.82) is 0 Å². The molecule has 0 aliphatic rings. The van der Waals surface area contributed by atoms with Crippen molar-refractivity contribution in [2.75, 3.05) is 0 Å². The summed E-state index contributed by atoms with van der Waals surface area (Å²) in [5.74, 6) is 0. The molecule has 142 valence electrons. The van der Waals surface area contributed by atoms with Crippen LogP contribution in [-0.2, 0) is 8.85 Å². The van der Waals surface area contributed by atoms with Crippen molar-refractivity contribution in [2.45, 2.75) is 50.7 Å². The topological polar surface area (TPSA) is 18.5 Å². The number of rotatable bonds is 16. The normalized spacial score (nSPS) is 13.8. The summed E-state index contributed by atoms with van der Waals surface area (Å²) in [6, 6.07) is 8.84. The molecule has 2 atom stereocenters. The van der Waals surface area contributed by atoms with E-state index in [2.05, 4.69) is 50.6 Å². The number of hydrogen-bond donors (Lipinski definition) is 0. The van der Waals surface area contributed by atoms with Crippen LogP contribution in [0, 0.1) is 0 Å². The fourth-order valence-corrected chi connectivity index (χ4v) is 5.00. The molecule has 2 nitrogen and oxygen atoms in total. The lowest BCUT2D eigenvalue weighted by Crippen LogP contribution is -2.28. The van der Waals surface area contributed by atoms with Crippen LogP contribution in [0.1, 0.15) is 38.5 Å². The molecule has 1 aromatic carbocycles. The van der Waals surface area contributed by atoms with Crippen LogP contribution in [0.2, 0.25) is 0 Å². The summed E-state index contributed by atoms with van der Waals surface area (Å²) >= 11 is 0. The van der Waals surface area contributed by atoms with E-state index < -0.39 is 19.5 Å². The first-order chi connectivity index (χ1) is 12.7. The second-order valence-electron chi connectivity index (χ2n) is 6.46. The Kier molecular flexibility index (Phi) is 12.7. The minimum atomic E-state index is -0.704. The first kappa shape index (κ1) is 22.6. The maximum absolute atomic E-state index is 6.16. The van der Waals surface area contributed by atoms with Crippen molar-refractivity contribution in [1.82, 2.24) is 0 Å². The highest BCUT2D eigenvalue weighted by Crippen LogP contribution is 2.08. The van der Waals surface area contributed by atoms with E-state index in [9.17, 15) is 0 Å². The van der Waals surface area contributed by atoms with Gasteiger partial charge < -0.3 is 8.85 Å². The molecule has 0 aliphatic heterocycles. The predicted molar refractivity (Wildman–Crippen MR) is 121 cm³/mol. The Hall–Kier alpha value is -1.47. The van der Waals surface area contributed by atoms with Gasteiger partial charge in [0.25, 0.3) is 0 Å². The van der Waals surface area contributed by atoms with Crippen LogP contribution in [0.15, 0.2) is 74.9 Å². The van der Waals surface area contributed by atoms with Crippen molar-refractivity contribution in [3.63, 3.8) is 0 Å². The van der Waals surface area contributed by atoms with Gasteiger partial charge in [0, 0.05) is 12.2 Å². The van der Waals surface area contributed by atoms with E-state index in [0.717, 1.165) is 38.5 Å². The van der Waals surface area contributed by atoms with E-state index in [1.165, 1.54) is 10.4 Å². The molecule has 0 heterocycles. The molecule has 1 rings (SSSR count). The van der Waals surface area contributed by atoms with E-state index in [-0.39, 0.29) is 12.2 Å². The molecule has 0 saturated heterocycles. The fourth-order valence-electron chi connectivity index (χ4n) is 2.68. The highest BCUT2D eigenvalue weighted by atomic mass is 28.2. The summed E-state index contributed by atoms with van der Waals surface area (Å²) in [5, 5.41) is 2.68. The Morgan fingerprint density at radius 2 is 1.08 bits per heavy atom. The number of benzene rings is 1. The molecule has 0 N–H and O–H groups in total. The molecule has 0 fully saturated rings. The Labute approximate surface area is 164 Å². The molecule has 0 amide bonds. The molecule has 2 unspecified atom stereocenters. The summed E-state index contributed by atoms with van der Waals surface area (Å²) in [4.78, 5) is 0. The van der Waals surface area contributed by atoms with E-state index >= 15 is 0 Å². The summed E-state index contributed by atoms with van der Waals surface area (Å²) in [6.45, 7) is 15.2. The van der Waals surface area contributed by atoms with Gasteiger partial charge in [-0.25, -0.2) is 0 Å². The van der Waals surface area contributed by atoms with E-state index in [0.29, 0.717) is 0 Å². The summed E-state index contributed by atoms with van der Waals surface area (Å²) in [5.41, 5.74) is 0. The van der Waals surface area contributed by atoms with Crippen LogP contribution in [0.25, 0.3) is 0 Å². The molecule has 0 radical (unpaired) electrons. The molecule has 0 saturated carbocycles. The minimum absolute atomic E-state index is 0.277. The van der Waals surface area contributed by atoms with Gasteiger partial charge >= 0.3 is 0 Å². The molecule has 0 aromatic heterocycles. The van der Waals surface area contributed by atoms with Gasteiger partial charge in [0.05, 0.1) is 0 Å². The van der Waals surface area contributed by atoms with Crippen molar-refractivity contribution in [3.05, 3.63) is 74.9 Å². The van der Waals surface area contributed by atoms with Crippen LogP contribution < -0.4 is 10.4 Å². The van der Waals surface area contributed by atoms with Gasteiger partial charge in [0.15, 0.2) is 19.5 Å². The summed E-state index contributed by atoms with van der Waals surface area (Å²) < 4.78 is 12.3. The Morgan fingerprint density at radius 3 is 1.38 bits per heavy atom. The zero-order valence-electron chi connectivity index (χ0n) is 16.1. The smallest absolute Gasteiger partial charge is 0.192 e. The van der Waals surface area contributed by atoms with Crippen molar-refractivity contribution in [2.24, 2.45) is 0 Å². The second-order valence-corrected chi connectivity index (χ2v) is 9.34. The molecule has 26 heavy (non-hydrogen) atoms. The molecule has 0 aliphatic carbocycles. The first-order valence-corrected chi connectivity index (χ1v) is 12.0. The zero-order valence-corrected chi connectivity index (χ0v) is 18.9. The third-order valence-electron chi connectivity index (χ3n) is 4.24. The SMILES string of the molecule is C=CCCC(CC=C)O[SiH2]c1ccc([SiH2]OC(CC=C)CCC=C)cc1. The summed E-state index contributed by atoms with van der Waals surface area (Å²) in [6.07, 6.45) is 14.2. The highest BCUT2D eigenvalue weighted by Gasteiger charge is 2.09. The number of allylic oxidation sites excluding steroid dienone is 2. The van der Waals surface area contributed by atoms with Crippen LogP contribution in [0.5, 0.6) is 0 Å². The lowest BCUT2D eigenvalue weighted by molar-refractivity contribution is 0.209. The standard InChI is InChI=1S/C22H34O2Si2/c1-5-9-13-19(11-7-3)23-25-21-15-17-22(18-16-21)26-24-20(12-8-4)14-10-6-2/h5-8,15-20H,1-4,9-14,25-26H2. The zero-order chi connectivity index (χ0) is 19.0. The van der Waals surface area contributed by atoms with Gasteiger partial charge in [0.1, 0.15) is 0 Å². The lowest BCUT2D eigenvalue weighted by atomic mass is 10.1. The highest BCUT2D eigenvalue weighted by molar-refractivity contribution is 6.49. The van der Waals surface area contributed by atoms with E-state index in [1.807, 2.05) is 24.3 Å². The predicted octanol–water partition coefficient (Wildman–Crippen LogP) is 2.96. The van der Waals surface area contributed by atoms with Gasteiger partial charge in [-0.05, 0) is 48.9 Å². The van der Waals surface area contributed by atoms with Crippen LogP contribution in [0.4, 0.5) is 0 Å². The Bertz CT molecular complexity index is 491. The third-order valence-corrected chi connectivity index (χ3v) is 7.12. The largest absolute Gasteiger partial charge is 0.415 e. The van der Waals surface area contributed by atoms with E-state index in [4.69, 9.17) is 8.85 Å². The lowest BCUT2D eigenvalue weighted by Gasteiger charge is -2.17. The average molecular weight is 387 g/mol. The Morgan fingerprint density at radius 1 is 0.692 bits per heavy atom. The van der Waals surface area contributed by atoms with Gasteiger partial charge in [-0.1, -0.05) is 48.6 Å². The molecule has 4 heteroatoms. The fraction of sp³-hybridized carbons (Fsp3) is 0.364. The molecule has 0 spiro atoms. The second kappa shape index (κ2) is 14.7. The average Bonchev–Trinajstić information content (AvgIpc) is 2.67. The van der Waals surface area contributed by atoms with Gasteiger partial charge in [0.2, 0.25) is 0 Å². The van der Waals surface area contributed by atoms with E-state index in [1.54, 1.807) is 0 Å². The molecular weight excluding hydrogens is 352 g/mol. The van der Waals surface area contributed by atoms with Crippen molar-refractivity contribution in [3.8, 4) is 0 Å². The summed E-state index contributed by atoms with van der Waals surface area (Å²) in [7, 11) is -1.41. The van der Waals surface area contributed by atoms with Crippen LogP contribution in [0.3, 0.4) is 0 Å². The first-order valence-electron chi connectivity index (χ1n) is 9.48. The van der Waals surface area contributed by atoms with Crippen LogP contribution in [-0.4, -0.2) is 31.7 Å². The maximum atomic E-state index is 6.16. The van der Waals surface area contributed by atoms with Crippen molar-refractivity contribution < 1.29 is 8.85 Å².